The molecule has 114 valence electrons. The maximum Gasteiger partial charge on any atom is 0.334 e. The van der Waals surface area contributed by atoms with E-state index in [2.05, 4.69) is 4.98 Å². The first-order chi connectivity index (χ1) is 10.6. The molecule has 6 heteroatoms. The minimum Gasteiger partial charge on any atom is -0.479 e. The molecule has 1 saturated heterocycles. The van der Waals surface area contributed by atoms with Crippen LogP contribution in [0.1, 0.15) is 16.1 Å². The summed E-state index contributed by atoms with van der Waals surface area (Å²) in [6.45, 7) is 2.45. The molecule has 2 heterocycles. The molecule has 0 aliphatic carbocycles. The smallest absolute Gasteiger partial charge is 0.334 e. The van der Waals surface area contributed by atoms with Crippen LogP contribution in [0.2, 0.25) is 0 Å². The molecule has 1 aliphatic heterocycles. The highest BCUT2D eigenvalue weighted by Gasteiger charge is 2.30. The predicted octanol–water partition coefficient (Wildman–Crippen LogP) is 1.47. The Hall–Kier alpha value is -2.47. The van der Waals surface area contributed by atoms with Crippen molar-refractivity contribution in [1.82, 2.24) is 9.88 Å². The second kappa shape index (κ2) is 5.73. The van der Waals surface area contributed by atoms with E-state index in [1.54, 1.807) is 6.92 Å². The molecule has 1 fully saturated rings. The van der Waals surface area contributed by atoms with Crippen molar-refractivity contribution in [2.45, 2.75) is 13.0 Å². The fraction of sp³-hybridized carbons (Fsp3) is 0.312. The predicted molar refractivity (Wildman–Crippen MR) is 79.8 cm³/mol. The van der Waals surface area contributed by atoms with E-state index in [0.717, 1.165) is 10.9 Å². The molecular weight excluding hydrogens is 284 g/mol. The quantitative estimate of drug-likeness (QED) is 0.908. The molecule has 1 atom stereocenters. The molecule has 1 aliphatic rings. The zero-order valence-electron chi connectivity index (χ0n) is 12.2. The van der Waals surface area contributed by atoms with Crippen LogP contribution in [0.3, 0.4) is 0 Å². The first-order valence-corrected chi connectivity index (χ1v) is 7.06. The molecule has 2 aromatic rings. The second-order valence-electron chi connectivity index (χ2n) is 5.26. The Morgan fingerprint density at radius 1 is 1.36 bits per heavy atom. The third-order valence-electron chi connectivity index (χ3n) is 3.77. The minimum atomic E-state index is -1.05. The molecule has 0 saturated carbocycles. The number of para-hydroxylation sites is 1. The highest BCUT2D eigenvalue weighted by Crippen LogP contribution is 2.19. The van der Waals surface area contributed by atoms with Crippen molar-refractivity contribution in [3.63, 3.8) is 0 Å². The average Bonchev–Trinajstić information content (AvgIpc) is 2.53. The van der Waals surface area contributed by atoms with Crippen LogP contribution in [0.4, 0.5) is 0 Å². The van der Waals surface area contributed by atoms with Crippen LogP contribution in [0, 0.1) is 6.92 Å². The lowest BCUT2D eigenvalue weighted by atomic mass is 10.1. The van der Waals surface area contributed by atoms with Crippen molar-refractivity contribution in [3.05, 3.63) is 41.6 Å². The number of aliphatic carboxylic acids is 1. The van der Waals surface area contributed by atoms with E-state index in [-0.39, 0.29) is 19.1 Å². The van der Waals surface area contributed by atoms with Gasteiger partial charge in [-0.1, -0.05) is 18.2 Å². The standard InChI is InChI=1S/C16H16N2O4/c1-10-12(8-11-4-2-3-5-13(11)17-10)15(19)18-6-7-22-14(9-18)16(20)21/h2-5,8,14H,6-7,9H2,1H3,(H,20,21)/t14-/m0/s1. The minimum absolute atomic E-state index is 0.0560. The SMILES string of the molecule is Cc1nc2ccccc2cc1C(=O)N1CCO[C@H](C(=O)O)C1. The van der Waals surface area contributed by atoms with Crippen LogP contribution in [-0.2, 0) is 9.53 Å². The molecule has 1 aromatic heterocycles. The summed E-state index contributed by atoms with van der Waals surface area (Å²) in [6, 6.07) is 9.40. The van der Waals surface area contributed by atoms with Crippen LogP contribution in [0.15, 0.2) is 30.3 Å². The molecule has 0 radical (unpaired) electrons. The normalized spacial score (nSPS) is 18.4. The summed E-state index contributed by atoms with van der Waals surface area (Å²) in [5.41, 5.74) is 1.98. The molecule has 3 rings (SSSR count). The number of fused-ring (bicyclic) bond motifs is 1. The number of aryl methyl sites for hydroxylation is 1. The molecule has 6 nitrogen and oxygen atoms in total. The summed E-state index contributed by atoms with van der Waals surface area (Å²) in [4.78, 5) is 29.7. The topological polar surface area (TPSA) is 79.7 Å². The Kier molecular flexibility index (Phi) is 3.77. The third kappa shape index (κ3) is 2.65. The number of aromatic nitrogens is 1. The number of ether oxygens (including phenoxy) is 1. The van der Waals surface area contributed by atoms with E-state index in [1.165, 1.54) is 4.90 Å². The highest BCUT2D eigenvalue weighted by molar-refractivity contribution is 5.99. The van der Waals surface area contributed by atoms with Gasteiger partial charge in [-0.25, -0.2) is 4.79 Å². The molecule has 22 heavy (non-hydrogen) atoms. The van der Waals surface area contributed by atoms with Crippen LogP contribution < -0.4 is 0 Å². The summed E-state index contributed by atoms with van der Waals surface area (Å²) >= 11 is 0. The second-order valence-corrected chi connectivity index (χ2v) is 5.26. The number of carbonyl (C=O) groups excluding carboxylic acids is 1. The van der Waals surface area contributed by atoms with Crippen LogP contribution in [-0.4, -0.2) is 52.7 Å². The fourth-order valence-corrected chi connectivity index (χ4v) is 2.58. The number of nitrogens with zero attached hydrogens (tertiary/aromatic N) is 2. The molecule has 0 spiro atoms. The van der Waals surface area contributed by atoms with E-state index < -0.39 is 12.1 Å². The zero-order valence-corrected chi connectivity index (χ0v) is 12.2. The average molecular weight is 300 g/mol. The van der Waals surface area contributed by atoms with Gasteiger partial charge in [-0.3, -0.25) is 9.78 Å². The Bertz CT molecular complexity index is 744. The number of carboxylic acids is 1. The number of carbonyl (C=O) groups is 2. The lowest BCUT2D eigenvalue weighted by Crippen LogP contribution is -2.48. The summed E-state index contributed by atoms with van der Waals surface area (Å²) < 4.78 is 5.15. The summed E-state index contributed by atoms with van der Waals surface area (Å²) in [6.07, 6.45) is -0.966. The van der Waals surface area contributed by atoms with E-state index in [4.69, 9.17) is 9.84 Å². The van der Waals surface area contributed by atoms with Gasteiger partial charge in [0.1, 0.15) is 0 Å². The van der Waals surface area contributed by atoms with E-state index >= 15 is 0 Å². The van der Waals surface area contributed by atoms with Gasteiger partial charge in [0.05, 0.1) is 29.9 Å². The first kappa shape index (κ1) is 14.5. The fourth-order valence-electron chi connectivity index (χ4n) is 2.58. The summed E-state index contributed by atoms with van der Waals surface area (Å²) in [5.74, 6) is -1.25. The van der Waals surface area contributed by atoms with Gasteiger partial charge in [-0.15, -0.1) is 0 Å². The number of pyridine rings is 1. The van der Waals surface area contributed by atoms with Gasteiger partial charge in [0, 0.05) is 11.9 Å². The van der Waals surface area contributed by atoms with Crippen molar-refractivity contribution >= 4 is 22.8 Å². The molecule has 1 aromatic carbocycles. The van der Waals surface area contributed by atoms with Crippen LogP contribution in [0.25, 0.3) is 10.9 Å². The van der Waals surface area contributed by atoms with Gasteiger partial charge < -0.3 is 14.7 Å². The monoisotopic (exact) mass is 300 g/mol. The van der Waals surface area contributed by atoms with Gasteiger partial charge in [0.25, 0.3) is 5.91 Å². The largest absolute Gasteiger partial charge is 0.479 e. The number of hydrogen-bond acceptors (Lipinski definition) is 4. The van der Waals surface area contributed by atoms with Gasteiger partial charge in [0.2, 0.25) is 0 Å². The van der Waals surface area contributed by atoms with Gasteiger partial charge in [0.15, 0.2) is 6.10 Å². The van der Waals surface area contributed by atoms with Crippen LogP contribution >= 0.6 is 0 Å². The van der Waals surface area contributed by atoms with Crippen LogP contribution in [0.5, 0.6) is 0 Å². The number of rotatable bonds is 2. The number of hydrogen-bond donors (Lipinski definition) is 1. The van der Waals surface area contributed by atoms with Crippen molar-refractivity contribution in [2.75, 3.05) is 19.7 Å². The number of amides is 1. The van der Waals surface area contributed by atoms with Gasteiger partial charge in [-0.05, 0) is 19.1 Å². The molecular formula is C16H16N2O4. The molecule has 0 bridgehead atoms. The lowest BCUT2D eigenvalue weighted by molar-refractivity contribution is -0.154. The Morgan fingerprint density at radius 2 is 2.14 bits per heavy atom. The van der Waals surface area contributed by atoms with E-state index in [9.17, 15) is 9.59 Å². The van der Waals surface area contributed by atoms with Gasteiger partial charge in [-0.2, -0.15) is 0 Å². The van der Waals surface area contributed by atoms with Crippen molar-refractivity contribution < 1.29 is 19.4 Å². The molecule has 0 unspecified atom stereocenters. The Balaban J connectivity index is 1.91. The van der Waals surface area contributed by atoms with E-state index in [0.29, 0.717) is 17.8 Å². The molecule has 1 N–H and O–H groups in total. The van der Waals surface area contributed by atoms with Gasteiger partial charge >= 0.3 is 5.97 Å². The van der Waals surface area contributed by atoms with Crippen molar-refractivity contribution in [1.29, 1.82) is 0 Å². The maximum atomic E-state index is 12.7. The zero-order chi connectivity index (χ0) is 15.7. The Labute approximate surface area is 127 Å². The summed E-state index contributed by atoms with van der Waals surface area (Å²) in [5, 5.41) is 9.92. The maximum absolute atomic E-state index is 12.7. The first-order valence-electron chi connectivity index (χ1n) is 7.06. The van der Waals surface area contributed by atoms with Crippen molar-refractivity contribution in [3.8, 4) is 0 Å². The highest BCUT2D eigenvalue weighted by atomic mass is 16.5. The summed E-state index contributed by atoms with van der Waals surface area (Å²) in [7, 11) is 0. The van der Waals surface area contributed by atoms with E-state index in [1.807, 2.05) is 30.3 Å². The molecule has 1 amide bonds. The number of carboxylic acid groups (broad SMARTS) is 1. The van der Waals surface area contributed by atoms with Crippen molar-refractivity contribution in [2.24, 2.45) is 0 Å². The Morgan fingerprint density at radius 3 is 2.91 bits per heavy atom. The number of benzene rings is 1. The number of morpholine rings is 1. The third-order valence-corrected chi connectivity index (χ3v) is 3.77. The lowest BCUT2D eigenvalue weighted by Gasteiger charge is -2.31.